The van der Waals surface area contributed by atoms with Crippen LogP contribution in [0.25, 0.3) is 0 Å². The van der Waals surface area contributed by atoms with Gasteiger partial charge in [-0.15, -0.1) is 6.42 Å². The number of Topliss-reactive ketones (excluding diaryl/α,β-unsaturated/α-hetero) is 1. The Hall–Kier alpha value is -1.68. The van der Waals surface area contributed by atoms with Gasteiger partial charge in [0.25, 0.3) is 10.1 Å². The minimum Gasteiger partial charge on any atom is -0.299 e. The molecule has 2 saturated carbocycles. The van der Waals surface area contributed by atoms with E-state index >= 15 is 0 Å². The highest BCUT2D eigenvalue weighted by atomic mass is 32.2. The predicted molar refractivity (Wildman–Crippen MR) is 109 cm³/mol. The van der Waals surface area contributed by atoms with Crippen LogP contribution < -0.4 is 5.32 Å². The molecular formula is C22H29NO4S. The molecular weight excluding hydrogens is 374 g/mol. The summed E-state index contributed by atoms with van der Waals surface area (Å²) in [5.41, 5.74) is 1.78. The maximum atomic E-state index is 11.9. The Kier molecular flexibility index (Phi) is 5.73. The van der Waals surface area contributed by atoms with Gasteiger partial charge in [0.2, 0.25) is 0 Å². The molecule has 0 saturated heterocycles. The fourth-order valence-electron chi connectivity index (χ4n) is 5.37. The van der Waals surface area contributed by atoms with Crippen molar-refractivity contribution in [1.29, 1.82) is 0 Å². The van der Waals surface area contributed by atoms with Gasteiger partial charge in [-0.2, -0.15) is 8.42 Å². The van der Waals surface area contributed by atoms with E-state index in [1.165, 1.54) is 24.0 Å². The van der Waals surface area contributed by atoms with Crippen LogP contribution in [0.5, 0.6) is 0 Å². The van der Waals surface area contributed by atoms with Crippen molar-refractivity contribution in [3.8, 4) is 12.3 Å². The van der Waals surface area contributed by atoms with Gasteiger partial charge in [0.05, 0.1) is 17.7 Å². The van der Waals surface area contributed by atoms with Gasteiger partial charge in [0.1, 0.15) is 5.78 Å². The van der Waals surface area contributed by atoms with Crippen molar-refractivity contribution in [3.05, 3.63) is 35.4 Å². The number of carbonyl (C=O) groups excluding carboxylic acids is 1. The molecule has 0 spiro atoms. The third kappa shape index (κ3) is 3.76. The molecule has 0 aliphatic heterocycles. The monoisotopic (exact) mass is 403 g/mol. The van der Waals surface area contributed by atoms with Crippen LogP contribution in [0.3, 0.4) is 0 Å². The number of aryl methyl sites for hydroxylation is 1. The lowest BCUT2D eigenvalue weighted by molar-refractivity contribution is -0.128. The molecule has 152 valence electrons. The molecule has 4 rings (SSSR count). The standard InChI is InChI=1S/C12H13N.C10H16O4S/c1-2-9-13-12-8-7-10-5-3-4-6-11(10)12;1-9(2)7-3-4-10(9,8(11)5-7)6-15(12,13)14/h1,3-6,12-13H,7-9H2;7H,3-6H2,1-2H3,(H,12,13,14). The van der Waals surface area contributed by atoms with Crippen molar-refractivity contribution in [2.75, 3.05) is 12.3 Å². The first kappa shape index (κ1) is 21.0. The summed E-state index contributed by atoms with van der Waals surface area (Å²) in [6.07, 6.45) is 9.55. The molecule has 2 bridgehead atoms. The smallest absolute Gasteiger partial charge is 0.265 e. The van der Waals surface area contributed by atoms with E-state index in [0.29, 0.717) is 25.4 Å². The molecule has 3 aliphatic carbocycles. The zero-order chi connectivity index (χ0) is 20.6. The average Bonchev–Trinajstić information content (AvgIpc) is 3.19. The fraction of sp³-hybridized carbons (Fsp3) is 0.591. The molecule has 5 nitrogen and oxygen atoms in total. The Morgan fingerprint density at radius 2 is 2.00 bits per heavy atom. The molecule has 3 aliphatic rings. The molecule has 28 heavy (non-hydrogen) atoms. The lowest BCUT2D eigenvalue weighted by Crippen LogP contribution is -2.42. The van der Waals surface area contributed by atoms with Gasteiger partial charge in [-0.05, 0) is 48.1 Å². The van der Waals surface area contributed by atoms with E-state index in [0.717, 1.165) is 6.42 Å². The zero-order valence-electron chi connectivity index (χ0n) is 16.6. The highest BCUT2D eigenvalue weighted by Crippen LogP contribution is 2.64. The molecule has 2 fully saturated rings. The van der Waals surface area contributed by atoms with Crippen molar-refractivity contribution in [2.45, 2.75) is 52.0 Å². The largest absolute Gasteiger partial charge is 0.299 e. The normalized spacial score (nSPS) is 29.7. The van der Waals surface area contributed by atoms with Crippen LogP contribution in [0.2, 0.25) is 0 Å². The maximum absolute atomic E-state index is 11.9. The maximum Gasteiger partial charge on any atom is 0.265 e. The molecule has 0 heterocycles. The Bertz CT molecular complexity index is 899. The lowest BCUT2D eigenvalue weighted by Gasteiger charge is -2.35. The summed E-state index contributed by atoms with van der Waals surface area (Å²) >= 11 is 0. The SMILES string of the molecule is C#CCNC1CCc2ccccc21.CC1(C)C2CCC1(CS(=O)(=O)O)C(=O)C2. The molecule has 3 atom stereocenters. The quantitative estimate of drug-likeness (QED) is 0.596. The second kappa shape index (κ2) is 7.62. The number of ketones is 1. The zero-order valence-corrected chi connectivity index (χ0v) is 17.4. The average molecular weight is 404 g/mol. The van der Waals surface area contributed by atoms with E-state index < -0.39 is 21.3 Å². The van der Waals surface area contributed by atoms with Gasteiger partial charge < -0.3 is 0 Å². The minimum absolute atomic E-state index is 0.0152. The van der Waals surface area contributed by atoms with Crippen molar-refractivity contribution >= 4 is 15.9 Å². The summed E-state index contributed by atoms with van der Waals surface area (Å²) in [5.74, 6) is 2.51. The predicted octanol–water partition coefficient (Wildman–Crippen LogP) is 3.17. The van der Waals surface area contributed by atoms with Crippen LogP contribution in [0.1, 0.15) is 56.7 Å². The van der Waals surface area contributed by atoms with Gasteiger partial charge in [-0.3, -0.25) is 14.7 Å². The third-order valence-electron chi connectivity index (χ3n) is 7.15. The second-order valence-corrected chi connectivity index (χ2v) is 10.2. The van der Waals surface area contributed by atoms with Crippen molar-refractivity contribution in [2.24, 2.45) is 16.7 Å². The number of fused-ring (bicyclic) bond motifs is 3. The molecule has 2 N–H and O–H groups in total. The van der Waals surface area contributed by atoms with Crippen LogP contribution in [0.4, 0.5) is 0 Å². The molecule has 0 aromatic heterocycles. The summed E-state index contributed by atoms with van der Waals surface area (Å²) in [5, 5.41) is 3.35. The summed E-state index contributed by atoms with van der Waals surface area (Å²) in [4.78, 5) is 11.9. The van der Waals surface area contributed by atoms with E-state index in [9.17, 15) is 13.2 Å². The summed E-state index contributed by atoms with van der Waals surface area (Å²) in [6.45, 7) is 4.56. The Morgan fingerprint density at radius 1 is 1.29 bits per heavy atom. The van der Waals surface area contributed by atoms with E-state index in [2.05, 4.69) is 35.5 Å². The number of terminal acetylenes is 1. The summed E-state index contributed by atoms with van der Waals surface area (Å²) < 4.78 is 31.0. The first-order chi connectivity index (χ1) is 13.1. The van der Waals surface area contributed by atoms with Gasteiger partial charge >= 0.3 is 0 Å². The van der Waals surface area contributed by atoms with Gasteiger partial charge in [0.15, 0.2) is 0 Å². The number of nitrogens with one attached hydrogen (secondary N) is 1. The molecule has 6 heteroatoms. The number of hydrogen-bond donors (Lipinski definition) is 2. The van der Waals surface area contributed by atoms with Crippen molar-refractivity contribution in [3.63, 3.8) is 0 Å². The molecule has 3 unspecified atom stereocenters. The van der Waals surface area contributed by atoms with Gasteiger partial charge in [-0.1, -0.05) is 44.0 Å². The fourth-order valence-corrected chi connectivity index (χ4v) is 6.67. The number of carbonyl (C=O) groups is 1. The number of hydrogen-bond acceptors (Lipinski definition) is 4. The van der Waals surface area contributed by atoms with E-state index in [1.54, 1.807) is 0 Å². The van der Waals surface area contributed by atoms with E-state index in [1.807, 2.05) is 13.8 Å². The van der Waals surface area contributed by atoms with Crippen molar-refractivity contribution < 1.29 is 17.8 Å². The third-order valence-corrected chi connectivity index (χ3v) is 8.01. The van der Waals surface area contributed by atoms with E-state index in [4.69, 9.17) is 11.0 Å². The summed E-state index contributed by atoms with van der Waals surface area (Å²) in [6, 6.07) is 9.06. The summed E-state index contributed by atoms with van der Waals surface area (Å²) in [7, 11) is -4.08. The highest BCUT2D eigenvalue weighted by Gasteiger charge is 2.65. The van der Waals surface area contributed by atoms with Gasteiger partial charge in [-0.25, -0.2) is 0 Å². The molecule has 0 radical (unpaired) electrons. The topological polar surface area (TPSA) is 83.5 Å². The first-order valence-electron chi connectivity index (χ1n) is 9.84. The minimum atomic E-state index is -4.08. The molecule has 1 aromatic carbocycles. The van der Waals surface area contributed by atoms with Crippen LogP contribution in [-0.2, 0) is 21.3 Å². The van der Waals surface area contributed by atoms with Crippen LogP contribution in [-0.4, -0.2) is 31.1 Å². The van der Waals surface area contributed by atoms with Crippen LogP contribution in [0, 0.1) is 29.1 Å². The molecule has 1 aromatic rings. The van der Waals surface area contributed by atoms with E-state index in [-0.39, 0.29) is 17.1 Å². The second-order valence-electron chi connectivity index (χ2n) is 8.77. The Labute approximate surface area is 168 Å². The van der Waals surface area contributed by atoms with Crippen molar-refractivity contribution in [1.82, 2.24) is 5.32 Å². The Balaban J connectivity index is 0.000000162. The number of benzene rings is 1. The lowest BCUT2D eigenvalue weighted by atomic mass is 9.70. The van der Waals surface area contributed by atoms with Gasteiger partial charge in [0, 0.05) is 12.5 Å². The van der Waals surface area contributed by atoms with Crippen LogP contribution in [0.15, 0.2) is 24.3 Å². The first-order valence-corrected chi connectivity index (χ1v) is 11.4. The molecule has 0 amide bonds. The van der Waals surface area contributed by atoms with Crippen LogP contribution >= 0.6 is 0 Å². The Morgan fingerprint density at radius 3 is 2.57 bits per heavy atom. The number of rotatable bonds is 4. The highest BCUT2D eigenvalue weighted by molar-refractivity contribution is 7.85.